The van der Waals surface area contributed by atoms with E-state index >= 15 is 0 Å². The summed E-state index contributed by atoms with van der Waals surface area (Å²) in [5.41, 5.74) is -0.521. The number of hydrogen-bond donors (Lipinski definition) is 4. The Balaban J connectivity index is 3.38. The minimum Gasteiger partial charge on any atom is -0.595 e. The summed E-state index contributed by atoms with van der Waals surface area (Å²) in [5, 5.41) is 38.8. The van der Waals surface area contributed by atoms with Crippen molar-refractivity contribution in [3.05, 3.63) is 33.0 Å². The van der Waals surface area contributed by atoms with E-state index in [1.54, 1.807) is 0 Å². The molecule has 1 rings (SSSR count). The summed E-state index contributed by atoms with van der Waals surface area (Å²) in [5.74, 6) is 0. The predicted octanol–water partition coefficient (Wildman–Crippen LogP) is -0.800. The molecule has 1 aromatic carbocycles. The van der Waals surface area contributed by atoms with E-state index in [1.807, 2.05) is 0 Å². The van der Waals surface area contributed by atoms with Crippen LogP contribution < -0.4 is 10.5 Å². The van der Waals surface area contributed by atoms with Gasteiger partial charge in [0.05, 0.1) is 6.07 Å². The van der Waals surface area contributed by atoms with Crippen molar-refractivity contribution in [2.45, 2.75) is 6.92 Å². The first-order chi connectivity index (χ1) is 6.97. The number of nitrogens with one attached hydrogen (secondary N) is 2. The first-order valence-electron chi connectivity index (χ1n) is 3.92. The highest BCUT2D eigenvalue weighted by molar-refractivity contribution is 5.62. The van der Waals surface area contributed by atoms with E-state index in [-0.39, 0.29) is 22.6 Å². The van der Waals surface area contributed by atoms with Crippen molar-refractivity contribution >= 4 is 17.1 Å². The zero-order valence-electron chi connectivity index (χ0n) is 7.72. The van der Waals surface area contributed by atoms with Crippen molar-refractivity contribution in [3.8, 4) is 0 Å². The molecular formula is C7H9N3O5. The zero-order valence-corrected chi connectivity index (χ0v) is 7.72. The first-order valence-corrected chi connectivity index (χ1v) is 3.92. The summed E-state index contributed by atoms with van der Waals surface area (Å²) in [6, 6.07) is 2.03. The molecule has 0 spiro atoms. The topological polar surface area (TPSA) is 125 Å². The number of quaternary nitrogens is 2. The van der Waals surface area contributed by atoms with Crippen molar-refractivity contribution in [1.29, 1.82) is 0 Å². The fourth-order valence-corrected chi connectivity index (χ4v) is 1.14. The SMILES string of the molecule is Cc1c(N=O)cc([NH+]([O-])O)cc1[NH+]([O-])O. The van der Waals surface area contributed by atoms with E-state index < -0.39 is 10.5 Å². The van der Waals surface area contributed by atoms with Crippen molar-refractivity contribution in [2.75, 3.05) is 0 Å². The molecule has 0 heterocycles. The van der Waals surface area contributed by atoms with Crippen molar-refractivity contribution in [2.24, 2.45) is 5.18 Å². The number of rotatable bonds is 3. The Morgan fingerprint density at radius 3 is 2.27 bits per heavy atom. The minimum absolute atomic E-state index is 0.155. The Labute approximate surface area is 84.0 Å². The van der Waals surface area contributed by atoms with Crippen LogP contribution in [0.3, 0.4) is 0 Å². The van der Waals surface area contributed by atoms with Gasteiger partial charge < -0.3 is 10.4 Å². The Morgan fingerprint density at radius 1 is 1.27 bits per heavy atom. The summed E-state index contributed by atoms with van der Waals surface area (Å²) in [7, 11) is 0. The molecular weight excluding hydrogens is 206 g/mol. The molecule has 8 nitrogen and oxygen atoms in total. The van der Waals surface area contributed by atoms with Gasteiger partial charge in [-0.15, -0.1) is 4.91 Å². The van der Waals surface area contributed by atoms with Crippen molar-refractivity contribution in [3.63, 3.8) is 0 Å². The lowest BCUT2D eigenvalue weighted by molar-refractivity contribution is -0.996. The van der Waals surface area contributed by atoms with Crippen LogP contribution in [-0.2, 0) is 0 Å². The molecule has 15 heavy (non-hydrogen) atoms. The molecule has 82 valence electrons. The van der Waals surface area contributed by atoms with Crippen LogP contribution in [0.1, 0.15) is 5.56 Å². The van der Waals surface area contributed by atoms with E-state index in [4.69, 9.17) is 10.4 Å². The van der Waals surface area contributed by atoms with Gasteiger partial charge in [0.1, 0.15) is 5.69 Å². The van der Waals surface area contributed by atoms with Gasteiger partial charge in [0, 0.05) is 11.6 Å². The Hall–Kier alpha value is -1.42. The fourth-order valence-electron chi connectivity index (χ4n) is 1.14. The van der Waals surface area contributed by atoms with Gasteiger partial charge in [-0.25, -0.2) is 10.4 Å². The van der Waals surface area contributed by atoms with Gasteiger partial charge in [-0.05, 0) is 12.1 Å². The Kier molecular flexibility index (Phi) is 3.42. The smallest absolute Gasteiger partial charge is 0.175 e. The molecule has 0 aromatic heterocycles. The molecule has 4 N–H and O–H groups in total. The normalized spacial score (nSPS) is 14.7. The maximum Gasteiger partial charge on any atom is 0.175 e. The second kappa shape index (κ2) is 4.40. The van der Waals surface area contributed by atoms with Crippen LogP contribution in [0.5, 0.6) is 0 Å². The fraction of sp³-hybridized carbons (Fsp3) is 0.143. The van der Waals surface area contributed by atoms with Gasteiger partial charge in [-0.2, -0.15) is 10.5 Å². The van der Waals surface area contributed by atoms with Gasteiger partial charge in [0.2, 0.25) is 0 Å². The summed E-state index contributed by atoms with van der Waals surface area (Å²) in [6.45, 7) is 1.39. The van der Waals surface area contributed by atoms with E-state index in [0.29, 0.717) is 0 Å². The van der Waals surface area contributed by atoms with Crippen molar-refractivity contribution in [1.82, 2.24) is 0 Å². The molecule has 0 saturated carbocycles. The summed E-state index contributed by atoms with van der Waals surface area (Å²) in [4.78, 5) is 10.3. The largest absolute Gasteiger partial charge is 0.595 e. The Morgan fingerprint density at radius 2 is 1.87 bits per heavy atom. The van der Waals surface area contributed by atoms with Gasteiger partial charge in [0.15, 0.2) is 11.4 Å². The quantitative estimate of drug-likeness (QED) is 0.388. The van der Waals surface area contributed by atoms with Gasteiger partial charge in [-0.3, -0.25) is 0 Å². The molecule has 0 aliphatic carbocycles. The summed E-state index contributed by atoms with van der Waals surface area (Å²) < 4.78 is 0. The highest BCUT2D eigenvalue weighted by Gasteiger charge is 2.16. The molecule has 0 bridgehead atoms. The highest BCUT2D eigenvalue weighted by atomic mass is 16.8. The van der Waals surface area contributed by atoms with E-state index in [0.717, 1.165) is 12.1 Å². The number of nitroso groups, excluding NO2 is 1. The maximum absolute atomic E-state index is 10.7. The standard InChI is InChI=1S/C7H9N3O5/c1-4-6(8-11)2-5(9(12)13)3-7(4)10(14)15/h2-3,9-10,12,14H,1H3. The van der Waals surface area contributed by atoms with Crippen LogP contribution >= 0.6 is 0 Å². The molecule has 1 aromatic rings. The molecule has 0 radical (unpaired) electrons. The van der Waals surface area contributed by atoms with Crippen molar-refractivity contribution < 1.29 is 20.9 Å². The van der Waals surface area contributed by atoms with Gasteiger partial charge >= 0.3 is 0 Å². The van der Waals surface area contributed by atoms with Crippen LogP contribution in [0.25, 0.3) is 0 Å². The monoisotopic (exact) mass is 215 g/mol. The zero-order chi connectivity index (χ0) is 11.6. The van der Waals surface area contributed by atoms with Crippen LogP contribution in [0.2, 0.25) is 0 Å². The van der Waals surface area contributed by atoms with Gasteiger partial charge in [0.25, 0.3) is 0 Å². The van der Waals surface area contributed by atoms with Crippen LogP contribution in [0, 0.1) is 22.2 Å². The maximum atomic E-state index is 10.7. The second-order valence-corrected chi connectivity index (χ2v) is 2.87. The van der Waals surface area contributed by atoms with E-state index in [2.05, 4.69) is 5.18 Å². The third-order valence-electron chi connectivity index (χ3n) is 1.96. The highest BCUT2D eigenvalue weighted by Crippen LogP contribution is 2.26. The molecule has 0 saturated heterocycles. The Bertz CT molecular complexity index is 379. The molecule has 8 heteroatoms. The average Bonchev–Trinajstić information content (AvgIpc) is 2.17. The molecule has 2 unspecified atom stereocenters. The number of hydrogen-bond acceptors (Lipinski definition) is 6. The predicted molar refractivity (Wildman–Crippen MR) is 48.2 cm³/mol. The number of benzene rings is 1. The third-order valence-corrected chi connectivity index (χ3v) is 1.96. The van der Waals surface area contributed by atoms with E-state index in [1.165, 1.54) is 6.92 Å². The first kappa shape index (κ1) is 11.7. The summed E-state index contributed by atoms with van der Waals surface area (Å²) in [6.07, 6.45) is 0. The van der Waals surface area contributed by atoms with Crippen LogP contribution in [0.15, 0.2) is 17.3 Å². The lowest BCUT2D eigenvalue weighted by Gasteiger charge is -2.17. The molecule has 0 aliphatic heterocycles. The van der Waals surface area contributed by atoms with Gasteiger partial charge in [-0.1, -0.05) is 0 Å². The average molecular weight is 215 g/mol. The van der Waals surface area contributed by atoms with Crippen LogP contribution in [-0.4, -0.2) is 10.4 Å². The minimum atomic E-state index is -1.30. The lowest BCUT2D eigenvalue weighted by Crippen LogP contribution is -3.01. The molecule has 0 aliphatic rings. The van der Waals surface area contributed by atoms with E-state index in [9.17, 15) is 15.3 Å². The lowest BCUT2D eigenvalue weighted by atomic mass is 10.1. The molecule has 0 fully saturated rings. The second-order valence-electron chi connectivity index (χ2n) is 2.87. The van der Waals surface area contributed by atoms with Crippen LogP contribution in [0.4, 0.5) is 17.1 Å². The third kappa shape index (κ3) is 2.33. The molecule has 0 amide bonds. The molecule has 2 atom stereocenters. The number of nitrogens with zero attached hydrogens (tertiary/aromatic N) is 1. The summed E-state index contributed by atoms with van der Waals surface area (Å²) >= 11 is 0.